The summed E-state index contributed by atoms with van der Waals surface area (Å²) in [5, 5.41) is 0.877. The van der Waals surface area contributed by atoms with E-state index in [0.717, 1.165) is 21.2 Å². The van der Waals surface area contributed by atoms with E-state index in [1.54, 1.807) is 25.1 Å². The van der Waals surface area contributed by atoms with Crippen molar-refractivity contribution in [1.29, 1.82) is 0 Å². The van der Waals surface area contributed by atoms with Gasteiger partial charge in [-0.25, -0.2) is 4.99 Å². The summed E-state index contributed by atoms with van der Waals surface area (Å²) in [4.78, 5) is 5.93. The summed E-state index contributed by atoms with van der Waals surface area (Å²) in [6.45, 7) is 1.99. The molecule has 0 aliphatic carbocycles. The molecule has 27 heavy (non-hydrogen) atoms. The molecule has 0 atom stereocenters. The minimum atomic E-state index is 0.670. The van der Waals surface area contributed by atoms with Crippen molar-refractivity contribution in [3.05, 3.63) is 96.8 Å². The molecule has 0 bridgehead atoms. The van der Waals surface area contributed by atoms with Crippen LogP contribution in [0.5, 0.6) is 11.5 Å². The lowest BCUT2D eigenvalue weighted by molar-refractivity contribution is 0.377. The summed E-state index contributed by atoms with van der Waals surface area (Å²) in [6, 6.07) is 27.7. The Morgan fingerprint density at radius 1 is 0.815 bits per heavy atom. The number of nitrogens with zero attached hydrogens (tertiary/aromatic N) is 1. The Morgan fingerprint density at radius 3 is 2.07 bits per heavy atom. The summed E-state index contributed by atoms with van der Waals surface area (Å²) in [7, 11) is 1.63. The van der Waals surface area contributed by atoms with Gasteiger partial charge in [0, 0.05) is 10.5 Å². The van der Waals surface area contributed by atoms with Crippen LogP contribution in [-0.2, 0) is 0 Å². The van der Waals surface area contributed by atoms with Gasteiger partial charge in [-0.3, -0.25) is 0 Å². The predicted molar refractivity (Wildman–Crippen MR) is 113 cm³/mol. The third kappa shape index (κ3) is 5.50. The molecule has 3 rings (SSSR count). The topological polar surface area (TPSA) is 30.8 Å². The van der Waals surface area contributed by atoms with Gasteiger partial charge in [0.1, 0.15) is 5.04 Å². The first-order valence-electron chi connectivity index (χ1n) is 8.60. The number of ether oxygens (including phenoxy) is 2. The van der Waals surface area contributed by atoms with Gasteiger partial charge in [-0.15, -0.1) is 0 Å². The zero-order valence-electron chi connectivity index (χ0n) is 15.3. The maximum Gasteiger partial charge on any atom is 0.168 e. The maximum atomic E-state index is 5.86. The van der Waals surface area contributed by atoms with E-state index in [4.69, 9.17) is 14.5 Å². The second-order valence-electron chi connectivity index (χ2n) is 5.74. The van der Waals surface area contributed by atoms with E-state index in [0.29, 0.717) is 11.5 Å². The van der Waals surface area contributed by atoms with E-state index in [2.05, 4.69) is 12.1 Å². The van der Waals surface area contributed by atoms with Crippen molar-refractivity contribution in [1.82, 2.24) is 0 Å². The monoisotopic (exact) mass is 375 g/mol. The minimum absolute atomic E-state index is 0.670. The summed E-state index contributed by atoms with van der Waals surface area (Å²) < 4.78 is 11.2. The second kappa shape index (κ2) is 9.64. The van der Waals surface area contributed by atoms with Crippen LogP contribution >= 0.6 is 11.8 Å². The van der Waals surface area contributed by atoms with Crippen molar-refractivity contribution in [2.24, 2.45) is 4.99 Å². The SMILES string of the molecule is COc1ccccc1OC=C(C)/C(=N\c1ccccc1)Sc1ccccc1. The fourth-order valence-corrected chi connectivity index (χ4v) is 3.21. The molecule has 4 heteroatoms. The van der Waals surface area contributed by atoms with Gasteiger partial charge in [0.05, 0.1) is 19.1 Å². The highest BCUT2D eigenvalue weighted by Gasteiger charge is 2.08. The van der Waals surface area contributed by atoms with Crippen LogP contribution in [0.4, 0.5) is 5.69 Å². The van der Waals surface area contributed by atoms with Crippen LogP contribution in [0.15, 0.2) is 107 Å². The Hall–Kier alpha value is -2.98. The highest BCUT2D eigenvalue weighted by atomic mass is 32.2. The number of hydrogen-bond acceptors (Lipinski definition) is 4. The fraction of sp³-hybridized carbons (Fsp3) is 0.0870. The van der Waals surface area contributed by atoms with E-state index in [1.807, 2.05) is 79.7 Å². The number of benzene rings is 3. The highest BCUT2D eigenvalue weighted by Crippen LogP contribution is 2.29. The number of aliphatic imine (C=N–C) groups is 1. The van der Waals surface area contributed by atoms with Gasteiger partial charge < -0.3 is 9.47 Å². The molecule has 3 nitrogen and oxygen atoms in total. The molecule has 0 heterocycles. The number of para-hydroxylation sites is 3. The van der Waals surface area contributed by atoms with Gasteiger partial charge >= 0.3 is 0 Å². The average Bonchev–Trinajstić information content (AvgIpc) is 2.73. The molecular weight excluding hydrogens is 354 g/mol. The molecule has 3 aromatic carbocycles. The van der Waals surface area contributed by atoms with Crippen molar-refractivity contribution in [2.75, 3.05) is 7.11 Å². The number of hydrogen-bond donors (Lipinski definition) is 0. The lowest BCUT2D eigenvalue weighted by atomic mass is 10.3. The lowest BCUT2D eigenvalue weighted by Gasteiger charge is -2.10. The third-order valence-corrected chi connectivity index (χ3v) is 4.83. The lowest BCUT2D eigenvalue weighted by Crippen LogP contribution is -1.98. The Labute approximate surface area is 164 Å². The van der Waals surface area contributed by atoms with Gasteiger partial charge in [0.2, 0.25) is 0 Å². The molecule has 0 aliphatic heterocycles. The van der Waals surface area contributed by atoms with Crippen molar-refractivity contribution < 1.29 is 9.47 Å². The predicted octanol–water partition coefficient (Wildman–Crippen LogP) is 6.50. The maximum absolute atomic E-state index is 5.86. The Morgan fingerprint density at radius 2 is 1.41 bits per heavy atom. The molecule has 0 saturated carbocycles. The Balaban J connectivity index is 1.88. The second-order valence-corrected chi connectivity index (χ2v) is 6.80. The molecule has 0 saturated heterocycles. The molecule has 0 radical (unpaired) electrons. The standard InChI is InChI=1S/C23H21NO2S/c1-18(17-26-22-16-10-9-15-21(22)25-2)23(24-19-11-5-3-6-12-19)27-20-13-7-4-8-14-20/h3-17H,1-2H3/b18-17?,24-23+. The molecular formula is C23H21NO2S. The quantitative estimate of drug-likeness (QED) is 0.213. The number of rotatable bonds is 6. The molecule has 0 spiro atoms. The fourth-order valence-electron chi connectivity index (χ4n) is 2.33. The molecule has 0 fully saturated rings. The van der Waals surface area contributed by atoms with Gasteiger partial charge in [0.25, 0.3) is 0 Å². The van der Waals surface area contributed by atoms with E-state index in [9.17, 15) is 0 Å². The van der Waals surface area contributed by atoms with E-state index < -0.39 is 0 Å². The van der Waals surface area contributed by atoms with Crippen LogP contribution in [0.3, 0.4) is 0 Å². The van der Waals surface area contributed by atoms with E-state index in [1.165, 1.54) is 0 Å². The Bertz CT molecular complexity index is 921. The highest BCUT2D eigenvalue weighted by molar-refractivity contribution is 8.14. The van der Waals surface area contributed by atoms with Crippen LogP contribution in [0.1, 0.15) is 6.92 Å². The van der Waals surface area contributed by atoms with Crippen LogP contribution < -0.4 is 9.47 Å². The van der Waals surface area contributed by atoms with Crippen LogP contribution in [-0.4, -0.2) is 12.2 Å². The molecule has 0 aliphatic rings. The average molecular weight is 375 g/mol. The summed E-state index contributed by atoms with van der Waals surface area (Å²) >= 11 is 1.61. The van der Waals surface area contributed by atoms with E-state index in [-0.39, 0.29) is 0 Å². The summed E-state index contributed by atoms with van der Waals surface area (Å²) in [5.74, 6) is 1.36. The van der Waals surface area contributed by atoms with Crippen molar-refractivity contribution in [3.8, 4) is 11.5 Å². The summed E-state index contributed by atoms with van der Waals surface area (Å²) in [6.07, 6.45) is 1.72. The van der Waals surface area contributed by atoms with E-state index >= 15 is 0 Å². The van der Waals surface area contributed by atoms with Gasteiger partial charge in [-0.05, 0) is 43.3 Å². The van der Waals surface area contributed by atoms with Crippen molar-refractivity contribution >= 4 is 22.5 Å². The van der Waals surface area contributed by atoms with Gasteiger partial charge in [-0.1, -0.05) is 60.3 Å². The van der Waals surface area contributed by atoms with Gasteiger partial charge in [0.15, 0.2) is 11.5 Å². The first kappa shape index (κ1) is 18.8. The van der Waals surface area contributed by atoms with Crippen LogP contribution in [0.25, 0.3) is 0 Å². The minimum Gasteiger partial charge on any atom is -0.493 e. The third-order valence-electron chi connectivity index (χ3n) is 3.71. The first-order chi connectivity index (χ1) is 13.3. The van der Waals surface area contributed by atoms with Gasteiger partial charge in [-0.2, -0.15) is 0 Å². The zero-order valence-corrected chi connectivity index (χ0v) is 16.1. The molecule has 0 N–H and O–H groups in total. The summed E-state index contributed by atoms with van der Waals surface area (Å²) in [5.41, 5.74) is 1.83. The van der Waals surface area contributed by atoms with Crippen LogP contribution in [0, 0.1) is 0 Å². The number of methoxy groups -OCH3 is 1. The number of thioether (sulfide) groups is 1. The van der Waals surface area contributed by atoms with Crippen LogP contribution in [0.2, 0.25) is 0 Å². The molecule has 0 unspecified atom stereocenters. The Kier molecular flexibility index (Phi) is 6.72. The molecule has 0 amide bonds. The molecule has 0 aromatic heterocycles. The largest absolute Gasteiger partial charge is 0.493 e. The first-order valence-corrected chi connectivity index (χ1v) is 9.41. The van der Waals surface area contributed by atoms with Crippen molar-refractivity contribution in [3.63, 3.8) is 0 Å². The normalized spacial score (nSPS) is 11.9. The van der Waals surface area contributed by atoms with Crippen molar-refractivity contribution in [2.45, 2.75) is 11.8 Å². The molecule has 136 valence electrons. The smallest absolute Gasteiger partial charge is 0.168 e. The zero-order chi connectivity index (χ0) is 18.9. The molecule has 3 aromatic rings.